The summed E-state index contributed by atoms with van der Waals surface area (Å²) in [5.41, 5.74) is -0.312. The number of nitrogens with zero attached hydrogens (tertiary/aromatic N) is 3. The van der Waals surface area contributed by atoms with Crippen molar-refractivity contribution in [1.29, 1.82) is 0 Å². The summed E-state index contributed by atoms with van der Waals surface area (Å²) in [5, 5.41) is 9.09. The molecular formula is C15H29N3O4S. The summed E-state index contributed by atoms with van der Waals surface area (Å²) in [4.78, 5) is 16.7. The van der Waals surface area contributed by atoms with E-state index in [0.29, 0.717) is 19.5 Å². The SMILES string of the molecule is CN(C)S(=O)(=O)CCCN1CCC2(CCCN(CCO)C2=O)C1. The van der Waals surface area contributed by atoms with Gasteiger partial charge in [-0.1, -0.05) is 0 Å². The first kappa shape index (κ1) is 18.6. The maximum absolute atomic E-state index is 12.7. The van der Waals surface area contributed by atoms with Crippen molar-refractivity contribution in [2.45, 2.75) is 25.7 Å². The fourth-order valence-electron chi connectivity index (χ4n) is 3.67. The molecule has 2 heterocycles. The Hall–Kier alpha value is -0.700. The molecule has 2 aliphatic heterocycles. The number of rotatable bonds is 7. The van der Waals surface area contributed by atoms with Crippen molar-refractivity contribution in [2.24, 2.45) is 5.41 Å². The first-order valence-electron chi connectivity index (χ1n) is 8.33. The Bertz CT molecular complexity index is 521. The monoisotopic (exact) mass is 347 g/mol. The number of hydrogen-bond acceptors (Lipinski definition) is 5. The highest BCUT2D eigenvalue weighted by Gasteiger charge is 2.47. The number of β-amino-alcohol motifs (C(OH)–C–C–N with tert-alkyl or cyclic N) is 1. The van der Waals surface area contributed by atoms with Crippen molar-refractivity contribution in [2.75, 3.05) is 59.2 Å². The van der Waals surface area contributed by atoms with E-state index >= 15 is 0 Å². The standard InChI is InChI=1S/C15H29N3O4S/c1-16(2)23(21,22)12-4-7-17-9-6-15(13-17)5-3-8-18(10-11-19)14(15)20/h19H,3-13H2,1-2H3. The van der Waals surface area contributed by atoms with Crippen molar-refractivity contribution in [3.63, 3.8) is 0 Å². The van der Waals surface area contributed by atoms with Gasteiger partial charge in [0.1, 0.15) is 0 Å². The van der Waals surface area contributed by atoms with E-state index in [1.54, 1.807) is 19.0 Å². The second-order valence-corrected chi connectivity index (χ2v) is 9.18. The van der Waals surface area contributed by atoms with Gasteiger partial charge in [0.25, 0.3) is 0 Å². The lowest BCUT2D eigenvalue weighted by atomic mass is 9.78. The Morgan fingerprint density at radius 3 is 2.61 bits per heavy atom. The molecule has 0 aromatic heterocycles. The number of hydrogen-bond donors (Lipinski definition) is 1. The summed E-state index contributed by atoms with van der Waals surface area (Å²) in [6.07, 6.45) is 3.31. The molecule has 134 valence electrons. The number of carbonyl (C=O) groups excluding carboxylic acids is 1. The largest absolute Gasteiger partial charge is 0.395 e. The summed E-state index contributed by atoms with van der Waals surface area (Å²) in [5.74, 6) is 0.315. The van der Waals surface area contributed by atoms with Gasteiger partial charge in [-0.25, -0.2) is 12.7 Å². The number of aliphatic hydroxyl groups excluding tert-OH is 1. The summed E-state index contributed by atoms with van der Waals surface area (Å²) >= 11 is 0. The molecule has 0 aromatic rings. The molecule has 2 rings (SSSR count). The first-order chi connectivity index (χ1) is 10.8. The number of sulfonamides is 1. The lowest BCUT2D eigenvalue weighted by Crippen LogP contribution is -2.50. The molecule has 7 nitrogen and oxygen atoms in total. The van der Waals surface area contributed by atoms with E-state index in [1.165, 1.54) is 4.31 Å². The Kier molecular flexibility index (Phi) is 6.05. The van der Waals surface area contributed by atoms with E-state index in [-0.39, 0.29) is 23.7 Å². The molecule has 1 N–H and O–H groups in total. The Labute approximate surface area is 139 Å². The Morgan fingerprint density at radius 1 is 1.22 bits per heavy atom. The normalized spacial score (nSPS) is 26.6. The zero-order valence-corrected chi connectivity index (χ0v) is 15.0. The minimum absolute atomic E-state index is 0.00787. The molecule has 1 atom stereocenters. The van der Waals surface area contributed by atoms with Gasteiger partial charge in [-0.3, -0.25) is 4.79 Å². The van der Waals surface area contributed by atoms with E-state index in [0.717, 1.165) is 38.9 Å². The third kappa shape index (κ3) is 4.23. The van der Waals surface area contributed by atoms with Gasteiger partial charge in [0, 0.05) is 33.7 Å². The van der Waals surface area contributed by atoms with Crippen LogP contribution in [0.25, 0.3) is 0 Å². The van der Waals surface area contributed by atoms with Crippen LogP contribution in [0.5, 0.6) is 0 Å². The average molecular weight is 347 g/mol. The minimum atomic E-state index is -3.15. The number of amides is 1. The fourth-order valence-corrected chi connectivity index (χ4v) is 4.53. The molecule has 1 spiro atoms. The molecule has 1 unspecified atom stereocenters. The van der Waals surface area contributed by atoms with Crippen LogP contribution in [0.2, 0.25) is 0 Å². The van der Waals surface area contributed by atoms with Crippen molar-refractivity contribution < 1.29 is 18.3 Å². The molecule has 0 aliphatic carbocycles. The number of aliphatic hydroxyl groups is 1. The molecule has 2 fully saturated rings. The fraction of sp³-hybridized carbons (Fsp3) is 0.933. The van der Waals surface area contributed by atoms with Crippen molar-refractivity contribution in [1.82, 2.24) is 14.1 Å². The maximum Gasteiger partial charge on any atom is 0.230 e. The third-order valence-corrected chi connectivity index (χ3v) is 6.98. The van der Waals surface area contributed by atoms with Gasteiger partial charge >= 0.3 is 0 Å². The third-order valence-electron chi connectivity index (χ3n) is 5.06. The van der Waals surface area contributed by atoms with E-state index in [2.05, 4.69) is 4.90 Å². The predicted octanol–water partition coefficient (Wildman–Crippen LogP) is -0.425. The van der Waals surface area contributed by atoms with Crippen LogP contribution in [-0.4, -0.2) is 92.7 Å². The molecule has 0 aromatic carbocycles. The average Bonchev–Trinajstić information content (AvgIpc) is 2.88. The molecule has 8 heteroatoms. The van der Waals surface area contributed by atoms with Gasteiger partial charge < -0.3 is 14.9 Å². The zero-order chi connectivity index (χ0) is 17.1. The highest BCUT2D eigenvalue weighted by molar-refractivity contribution is 7.89. The Balaban J connectivity index is 1.87. The maximum atomic E-state index is 12.7. The van der Waals surface area contributed by atoms with E-state index < -0.39 is 10.0 Å². The van der Waals surface area contributed by atoms with Crippen molar-refractivity contribution >= 4 is 15.9 Å². The van der Waals surface area contributed by atoms with Gasteiger partial charge in [0.05, 0.1) is 17.8 Å². The van der Waals surface area contributed by atoms with E-state index in [4.69, 9.17) is 5.11 Å². The van der Waals surface area contributed by atoms with Crippen LogP contribution in [0, 0.1) is 5.41 Å². The second-order valence-electron chi connectivity index (χ2n) is 6.88. The molecule has 2 saturated heterocycles. The van der Waals surface area contributed by atoms with Crippen LogP contribution in [0.3, 0.4) is 0 Å². The molecule has 0 bridgehead atoms. The van der Waals surface area contributed by atoms with Crippen LogP contribution in [0.4, 0.5) is 0 Å². The van der Waals surface area contributed by atoms with Gasteiger partial charge in [0.2, 0.25) is 15.9 Å². The van der Waals surface area contributed by atoms with Crippen LogP contribution in [0.15, 0.2) is 0 Å². The van der Waals surface area contributed by atoms with Gasteiger partial charge in [0.15, 0.2) is 0 Å². The smallest absolute Gasteiger partial charge is 0.230 e. The second kappa shape index (κ2) is 7.46. The van der Waals surface area contributed by atoms with Crippen molar-refractivity contribution in [3.05, 3.63) is 0 Å². The molecule has 2 aliphatic rings. The number of piperidine rings is 1. The lowest BCUT2D eigenvalue weighted by Gasteiger charge is -2.39. The van der Waals surface area contributed by atoms with Gasteiger partial charge in [-0.15, -0.1) is 0 Å². The predicted molar refractivity (Wildman–Crippen MR) is 88.5 cm³/mol. The van der Waals surface area contributed by atoms with Crippen LogP contribution >= 0.6 is 0 Å². The summed E-state index contributed by atoms with van der Waals surface area (Å²) in [7, 11) is -0.0420. The topological polar surface area (TPSA) is 81.2 Å². The highest BCUT2D eigenvalue weighted by atomic mass is 32.2. The zero-order valence-electron chi connectivity index (χ0n) is 14.2. The number of carbonyl (C=O) groups is 1. The lowest BCUT2D eigenvalue weighted by molar-refractivity contribution is -0.146. The van der Waals surface area contributed by atoms with Gasteiger partial charge in [-0.05, 0) is 38.8 Å². The summed E-state index contributed by atoms with van der Waals surface area (Å²) in [6, 6.07) is 0. The van der Waals surface area contributed by atoms with Crippen LogP contribution in [0.1, 0.15) is 25.7 Å². The van der Waals surface area contributed by atoms with Crippen LogP contribution in [-0.2, 0) is 14.8 Å². The highest BCUT2D eigenvalue weighted by Crippen LogP contribution is 2.39. The molecule has 1 amide bonds. The molecular weight excluding hydrogens is 318 g/mol. The summed E-state index contributed by atoms with van der Waals surface area (Å²) < 4.78 is 24.8. The number of likely N-dealkylation sites (tertiary alicyclic amines) is 2. The quantitative estimate of drug-likeness (QED) is 0.676. The minimum Gasteiger partial charge on any atom is -0.395 e. The van der Waals surface area contributed by atoms with Crippen molar-refractivity contribution in [3.8, 4) is 0 Å². The summed E-state index contributed by atoms with van der Waals surface area (Å²) in [6.45, 7) is 3.44. The van der Waals surface area contributed by atoms with E-state index in [9.17, 15) is 13.2 Å². The molecule has 0 saturated carbocycles. The van der Waals surface area contributed by atoms with Crippen LogP contribution < -0.4 is 0 Å². The van der Waals surface area contributed by atoms with E-state index in [1.807, 2.05) is 0 Å². The van der Waals surface area contributed by atoms with Gasteiger partial charge in [-0.2, -0.15) is 0 Å². The Morgan fingerprint density at radius 2 is 1.96 bits per heavy atom. The first-order valence-corrected chi connectivity index (χ1v) is 9.94. The molecule has 23 heavy (non-hydrogen) atoms. The molecule has 0 radical (unpaired) electrons.